The molecule has 0 radical (unpaired) electrons. The van der Waals surface area contributed by atoms with E-state index in [2.05, 4.69) is 10.3 Å². The van der Waals surface area contributed by atoms with E-state index >= 15 is 0 Å². The second kappa shape index (κ2) is 8.93. The normalized spacial score (nSPS) is 19.5. The Morgan fingerprint density at radius 3 is 2.36 bits per heavy atom. The van der Waals surface area contributed by atoms with Crippen LogP contribution in [0.3, 0.4) is 0 Å². The Kier molecular flexibility index (Phi) is 6.19. The van der Waals surface area contributed by atoms with Gasteiger partial charge in [-0.05, 0) is 50.2 Å². The minimum absolute atomic E-state index is 0.101. The van der Waals surface area contributed by atoms with Gasteiger partial charge in [-0.3, -0.25) is 14.2 Å². The van der Waals surface area contributed by atoms with E-state index in [4.69, 9.17) is 4.74 Å². The first-order valence-electron chi connectivity index (χ1n) is 10.4. The molecule has 174 valence electrons. The van der Waals surface area contributed by atoms with Crippen LogP contribution in [0.4, 0.5) is 5.69 Å². The van der Waals surface area contributed by atoms with E-state index in [1.165, 1.54) is 28.6 Å². The predicted octanol–water partition coefficient (Wildman–Crippen LogP) is 1.13. The summed E-state index contributed by atoms with van der Waals surface area (Å²) in [6, 6.07) is 12.3. The third-order valence-electron chi connectivity index (χ3n) is 5.35. The zero-order valence-electron chi connectivity index (χ0n) is 18.1. The Bertz CT molecular complexity index is 1400. The fourth-order valence-electron chi connectivity index (χ4n) is 3.87. The molecule has 4 rings (SSSR count). The molecular weight excluding hydrogens is 448 g/mol. The molecule has 2 N–H and O–H groups in total. The fraction of sp³-hybridized carbons (Fsp3) is 0.318. The number of aromatic nitrogens is 2. The number of aromatic amines is 1. The van der Waals surface area contributed by atoms with Crippen LogP contribution in [0.1, 0.15) is 13.8 Å². The van der Waals surface area contributed by atoms with Crippen LogP contribution in [0.25, 0.3) is 10.9 Å². The summed E-state index contributed by atoms with van der Waals surface area (Å²) in [5.74, 6) is -0.593. The molecule has 1 amide bonds. The highest BCUT2D eigenvalue weighted by Gasteiger charge is 2.32. The van der Waals surface area contributed by atoms with Gasteiger partial charge < -0.3 is 15.0 Å². The van der Waals surface area contributed by atoms with Crippen molar-refractivity contribution < 1.29 is 17.9 Å². The maximum atomic E-state index is 12.9. The number of morpholine rings is 1. The third kappa shape index (κ3) is 4.75. The number of nitrogens with zero attached hydrogens (tertiary/aromatic N) is 2. The summed E-state index contributed by atoms with van der Waals surface area (Å²) in [6.07, 6.45) is -0.410. The maximum Gasteiger partial charge on any atom is 0.329 e. The molecule has 33 heavy (non-hydrogen) atoms. The summed E-state index contributed by atoms with van der Waals surface area (Å²) in [5.41, 5.74) is -0.526. The number of hydrogen-bond donors (Lipinski definition) is 2. The molecule has 1 aliphatic rings. The van der Waals surface area contributed by atoms with Gasteiger partial charge in [0.2, 0.25) is 15.9 Å². The molecule has 2 aromatic carbocycles. The summed E-state index contributed by atoms with van der Waals surface area (Å²) in [6.45, 7) is 3.69. The number of hydrogen-bond acceptors (Lipinski definition) is 6. The lowest BCUT2D eigenvalue weighted by molar-refractivity contribution is -0.116. The lowest BCUT2D eigenvalue weighted by Gasteiger charge is -2.34. The predicted molar refractivity (Wildman–Crippen MR) is 123 cm³/mol. The highest BCUT2D eigenvalue weighted by Crippen LogP contribution is 2.22. The molecule has 0 spiro atoms. The van der Waals surface area contributed by atoms with Crippen LogP contribution in [-0.2, 0) is 26.1 Å². The average Bonchev–Trinajstić information content (AvgIpc) is 2.76. The molecular formula is C22H24N4O6S. The van der Waals surface area contributed by atoms with E-state index < -0.39 is 33.7 Å². The second-order valence-electron chi connectivity index (χ2n) is 8.02. The van der Waals surface area contributed by atoms with Crippen LogP contribution in [0.5, 0.6) is 0 Å². The number of carbonyl (C=O) groups is 1. The van der Waals surface area contributed by atoms with Gasteiger partial charge >= 0.3 is 5.69 Å². The van der Waals surface area contributed by atoms with Crippen molar-refractivity contribution >= 4 is 32.5 Å². The first-order chi connectivity index (χ1) is 15.6. The van der Waals surface area contributed by atoms with Crippen molar-refractivity contribution in [2.75, 3.05) is 18.4 Å². The minimum Gasteiger partial charge on any atom is -0.373 e. The number of anilines is 1. The van der Waals surface area contributed by atoms with E-state index in [9.17, 15) is 22.8 Å². The third-order valence-corrected chi connectivity index (χ3v) is 7.20. The molecule has 0 aliphatic carbocycles. The molecule has 11 heteroatoms. The summed E-state index contributed by atoms with van der Waals surface area (Å²) in [5, 5.41) is 2.88. The van der Waals surface area contributed by atoms with Crippen LogP contribution >= 0.6 is 0 Å². The van der Waals surface area contributed by atoms with Crippen LogP contribution in [0.15, 0.2) is 63.0 Å². The van der Waals surface area contributed by atoms with Gasteiger partial charge in [0, 0.05) is 18.8 Å². The van der Waals surface area contributed by atoms with E-state index in [1.807, 2.05) is 13.8 Å². The summed E-state index contributed by atoms with van der Waals surface area (Å²) < 4.78 is 33.7. The molecule has 1 aromatic heterocycles. The zero-order valence-corrected chi connectivity index (χ0v) is 19.0. The number of carbonyl (C=O) groups excluding carboxylic acids is 1. The van der Waals surface area contributed by atoms with Gasteiger partial charge in [-0.25, -0.2) is 13.2 Å². The number of amides is 1. The largest absolute Gasteiger partial charge is 0.373 e. The monoisotopic (exact) mass is 472 g/mol. The number of benzene rings is 2. The second-order valence-corrected chi connectivity index (χ2v) is 9.96. The Morgan fingerprint density at radius 2 is 1.70 bits per heavy atom. The maximum absolute atomic E-state index is 12.9. The number of H-pyrrole nitrogens is 1. The fourth-order valence-corrected chi connectivity index (χ4v) is 5.46. The van der Waals surface area contributed by atoms with Crippen LogP contribution in [0, 0.1) is 0 Å². The minimum atomic E-state index is -3.70. The smallest absolute Gasteiger partial charge is 0.329 e. The molecule has 0 bridgehead atoms. The quantitative estimate of drug-likeness (QED) is 0.572. The van der Waals surface area contributed by atoms with E-state index in [1.54, 1.807) is 24.3 Å². The van der Waals surface area contributed by atoms with Crippen molar-refractivity contribution in [1.82, 2.24) is 13.9 Å². The number of para-hydroxylation sites is 1. The molecule has 2 unspecified atom stereocenters. The van der Waals surface area contributed by atoms with E-state index in [-0.39, 0.29) is 30.2 Å². The van der Waals surface area contributed by atoms with Crippen molar-refractivity contribution in [1.29, 1.82) is 0 Å². The van der Waals surface area contributed by atoms with Gasteiger partial charge in [-0.2, -0.15) is 4.31 Å². The van der Waals surface area contributed by atoms with Crippen LogP contribution < -0.4 is 16.6 Å². The van der Waals surface area contributed by atoms with Gasteiger partial charge in [0.1, 0.15) is 6.54 Å². The average molecular weight is 473 g/mol. The standard InChI is InChI=1S/C22H24N4O6S/c1-14-11-25(12-15(2)32-14)33(30,31)17-9-7-16(8-10-17)23-20(27)13-26-21(28)18-5-3-4-6-19(18)24-22(26)29/h3-10,14-15H,11-13H2,1-2H3,(H,23,27)(H,24,29). The number of fused-ring (bicyclic) bond motifs is 1. The van der Waals surface area contributed by atoms with Crippen molar-refractivity contribution in [3.8, 4) is 0 Å². The van der Waals surface area contributed by atoms with Crippen LogP contribution in [-0.4, -0.2) is 53.5 Å². The van der Waals surface area contributed by atoms with Gasteiger partial charge in [0.05, 0.1) is 28.0 Å². The highest BCUT2D eigenvalue weighted by atomic mass is 32.2. The SMILES string of the molecule is CC1CN(S(=O)(=O)c2ccc(NC(=O)Cn3c(=O)[nH]c4ccccc4c3=O)cc2)CC(C)O1. The van der Waals surface area contributed by atoms with Gasteiger partial charge in [-0.15, -0.1) is 0 Å². The van der Waals surface area contributed by atoms with E-state index in [0.29, 0.717) is 16.6 Å². The Balaban J connectivity index is 1.49. The molecule has 2 heterocycles. The molecule has 0 saturated carbocycles. The van der Waals surface area contributed by atoms with Crippen molar-refractivity contribution in [2.24, 2.45) is 0 Å². The summed E-state index contributed by atoms with van der Waals surface area (Å²) in [4.78, 5) is 39.9. The van der Waals surface area contributed by atoms with Gasteiger partial charge in [0.15, 0.2) is 0 Å². The van der Waals surface area contributed by atoms with E-state index in [0.717, 1.165) is 4.57 Å². The number of ether oxygens (including phenoxy) is 1. The first kappa shape index (κ1) is 22.9. The summed E-state index contributed by atoms with van der Waals surface area (Å²) in [7, 11) is -3.70. The van der Waals surface area contributed by atoms with Crippen molar-refractivity contribution in [3.63, 3.8) is 0 Å². The Morgan fingerprint density at radius 1 is 1.06 bits per heavy atom. The van der Waals surface area contributed by atoms with Crippen molar-refractivity contribution in [3.05, 3.63) is 69.4 Å². The molecule has 1 aliphatic heterocycles. The van der Waals surface area contributed by atoms with Crippen molar-refractivity contribution in [2.45, 2.75) is 37.5 Å². The molecule has 3 aromatic rings. The first-order valence-corrected chi connectivity index (χ1v) is 11.9. The zero-order chi connectivity index (χ0) is 23.8. The lowest BCUT2D eigenvalue weighted by Crippen LogP contribution is -2.48. The lowest BCUT2D eigenvalue weighted by atomic mass is 10.2. The molecule has 1 fully saturated rings. The molecule has 10 nitrogen and oxygen atoms in total. The van der Waals surface area contributed by atoms with Crippen LogP contribution in [0.2, 0.25) is 0 Å². The number of sulfonamides is 1. The Hall–Kier alpha value is -3.28. The highest BCUT2D eigenvalue weighted by molar-refractivity contribution is 7.89. The van der Waals surface area contributed by atoms with Gasteiger partial charge in [-0.1, -0.05) is 12.1 Å². The number of nitrogens with one attached hydrogen (secondary N) is 2. The summed E-state index contributed by atoms with van der Waals surface area (Å²) >= 11 is 0. The number of rotatable bonds is 5. The molecule has 1 saturated heterocycles. The molecule has 2 atom stereocenters. The van der Waals surface area contributed by atoms with Gasteiger partial charge in [0.25, 0.3) is 5.56 Å². The Labute approximate surface area is 189 Å². The topological polar surface area (TPSA) is 131 Å².